The molecule has 0 radical (unpaired) electrons. The van der Waals surface area contributed by atoms with Crippen LogP contribution in [-0.2, 0) is 28.8 Å². The van der Waals surface area contributed by atoms with Crippen molar-refractivity contribution < 1.29 is 33.9 Å². The molecule has 5 amide bonds. The normalized spacial score (nSPS) is 17.8. The molecule has 0 aliphatic carbocycles. The number of hydrogen-bond donors (Lipinski definition) is 7. The SMILES string of the molecule is NCCCCC(NC(=O)C(N)CCC(N)=O)C(=O)NC(CCC(N)=O)C(=O)N1CCCC1C(=O)O. The molecule has 4 unspecified atom stereocenters. The fraction of sp³-hybridized carbons (Fsp3) is 0.714. The van der Waals surface area contributed by atoms with Crippen LogP contribution in [0.15, 0.2) is 0 Å². The zero-order valence-electron chi connectivity index (χ0n) is 19.7. The van der Waals surface area contributed by atoms with Crippen LogP contribution in [0.3, 0.4) is 0 Å². The Hall–Kier alpha value is -3.26. The van der Waals surface area contributed by atoms with Crippen LogP contribution in [0.2, 0.25) is 0 Å². The molecule has 0 aromatic carbocycles. The molecule has 0 aromatic rings. The highest BCUT2D eigenvalue weighted by Crippen LogP contribution is 2.20. The van der Waals surface area contributed by atoms with E-state index in [-0.39, 0.29) is 45.1 Å². The van der Waals surface area contributed by atoms with Gasteiger partial charge in [0.25, 0.3) is 0 Å². The molecule has 1 saturated heterocycles. The minimum absolute atomic E-state index is 0.0104. The number of carboxylic acid groups (broad SMARTS) is 1. The van der Waals surface area contributed by atoms with E-state index in [9.17, 15) is 33.9 Å². The van der Waals surface area contributed by atoms with Crippen LogP contribution >= 0.6 is 0 Å². The summed E-state index contributed by atoms with van der Waals surface area (Å²) in [6.45, 7) is 0.565. The Bertz CT molecular complexity index is 792. The topological polar surface area (TPSA) is 254 Å². The van der Waals surface area contributed by atoms with Crippen LogP contribution in [0.5, 0.6) is 0 Å². The minimum atomic E-state index is -1.22. The maximum atomic E-state index is 13.1. The van der Waals surface area contributed by atoms with Gasteiger partial charge in [0.15, 0.2) is 0 Å². The van der Waals surface area contributed by atoms with Gasteiger partial charge >= 0.3 is 5.97 Å². The van der Waals surface area contributed by atoms with E-state index in [4.69, 9.17) is 22.9 Å². The van der Waals surface area contributed by atoms with Gasteiger partial charge < -0.3 is 43.6 Å². The van der Waals surface area contributed by atoms with Crippen molar-refractivity contribution in [3.05, 3.63) is 0 Å². The first-order valence-electron chi connectivity index (χ1n) is 11.6. The van der Waals surface area contributed by atoms with Crippen molar-refractivity contribution >= 4 is 35.5 Å². The van der Waals surface area contributed by atoms with Crippen LogP contribution in [-0.4, -0.2) is 82.8 Å². The molecule has 0 aromatic heterocycles. The lowest BCUT2D eigenvalue weighted by molar-refractivity contribution is -0.149. The molecule has 0 spiro atoms. The number of amides is 5. The van der Waals surface area contributed by atoms with Gasteiger partial charge in [-0.15, -0.1) is 0 Å². The van der Waals surface area contributed by atoms with Gasteiger partial charge in [0.05, 0.1) is 6.04 Å². The quantitative estimate of drug-likeness (QED) is 0.107. The number of unbranched alkanes of at least 4 members (excludes halogenated alkanes) is 1. The number of aliphatic carboxylic acids is 1. The second-order valence-electron chi connectivity index (χ2n) is 8.55. The summed E-state index contributed by atoms with van der Waals surface area (Å²) >= 11 is 0. The molecule has 1 heterocycles. The molecule has 11 N–H and O–H groups in total. The van der Waals surface area contributed by atoms with Gasteiger partial charge in [0, 0.05) is 19.4 Å². The van der Waals surface area contributed by atoms with Gasteiger partial charge in [-0.2, -0.15) is 0 Å². The smallest absolute Gasteiger partial charge is 0.326 e. The highest BCUT2D eigenvalue weighted by Gasteiger charge is 2.38. The Balaban J connectivity index is 2.99. The van der Waals surface area contributed by atoms with Crippen molar-refractivity contribution in [1.82, 2.24) is 15.5 Å². The molecule has 1 aliphatic rings. The maximum absolute atomic E-state index is 13.1. The standard InChI is InChI=1S/C21H37N7O7/c22-10-2-1-4-13(26-18(31)12(23)6-8-16(24)29)19(32)27-14(7-9-17(25)30)20(33)28-11-3-5-15(28)21(34)35/h12-15H,1-11,22-23H2,(H2,24,29)(H2,25,30)(H,26,31)(H,27,32)(H,34,35). The fourth-order valence-electron chi connectivity index (χ4n) is 3.77. The summed E-state index contributed by atoms with van der Waals surface area (Å²) < 4.78 is 0. The van der Waals surface area contributed by atoms with E-state index in [2.05, 4.69) is 10.6 Å². The number of rotatable bonds is 16. The van der Waals surface area contributed by atoms with Crippen molar-refractivity contribution in [2.45, 2.75) is 82.0 Å². The van der Waals surface area contributed by atoms with Gasteiger partial charge in [-0.1, -0.05) is 0 Å². The highest BCUT2D eigenvalue weighted by molar-refractivity contribution is 5.94. The molecule has 198 valence electrons. The van der Waals surface area contributed by atoms with Gasteiger partial charge in [-0.05, 0) is 51.5 Å². The number of hydrogen-bond acceptors (Lipinski definition) is 8. The summed E-state index contributed by atoms with van der Waals surface area (Å²) in [7, 11) is 0. The molecule has 0 bridgehead atoms. The summed E-state index contributed by atoms with van der Waals surface area (Å²) in [4.78, 5) is 73.6. The Morgan fingerprint density at radius 3 is 2.06 bits per heavy atom. The number of carbonyl (C=O) groups excluding carboxylic acids is 5. The van der Waals surface area contributed by atoms with Gasteiger partial charge in [-0.25, -0.2) is 4.79 Å². The van der Waals surface area contributed by atoms with Gasteiger partial charge in [0.1, 0.15) is 18.1 Å². The fourth-order valence-corrected chi connectivity index (χ4v) is 3.77. The van der Waals surface area contributed by atoms with Crippen LogP contribution in [0, 0.1) is 0 Å². The molecule has 35 heavy (non-hydrogen) atoms. The lowest BCUT2D eigenvalue weighted by Crippen LogP contribution is -2.57. The first kappa shape index (κ1) is 29.8. The lowest BCUT2D eigenvalue weighted by Gasteiger charge is -2.29. The van der Waals surface area contributed by atoms with E-state index in [1.807, 2.05) is 0 Å². The largest absolute Gasteiger partial charge is 0.480 e. The third-order valence-corrected chi connectivity index (χ3v) is 5.73. The summed E-state index contributed by atoms with van der Waals surface area (Å²) in [5.74, 6) is -4.50. The zero-order chi connectivity index (χ0) is 26.5. The maximum Gasteiger partial charge on any atom is 0.326 e. The van der Waals surface area contributed by atoms with Crippen molar-refractivity contribution in [1.29, 1.82) is 0 Å². The predicted molar refractivity (Wildman–Crippen MR) is 124 cm³/mol. The summed E-state index contributed by atoms with van der Waals surface area (Å²) in [5.41, 5.74) is 21.6. The second-order valence-corrected chi connectivity index (χ2v) is 8.55. The Morgan fingerprint density at radius 1 is 0.886 bits per heavy atom. The van der Waals surface area contributed by atoms with Crippen LogP contribution in [0.1, 0.15) is 57.8 Å². The Kier molecular flexibility index (Phi) is 12.7. The van der Waals surface area contributed by atoms with Crippen LogP contribution in [0.25, 0.3) is 0 Å². The number of carboxylic acids is 1. The van der Waals surface area contributed by atoms with E-state index < -0.39 is 59.7 Å². The van der Waals surface area contributed by atoms with Gasteiger partial charge in [-0.3, -0.25) is 24.0 Å². The minimum Gasteiger partial charge on any atom is -0.480 e. The number of nitrogens with one attached hydrogen (secondary N) is 2. The molecule has 1 aliphatic heterocycles. The van der Waals surface area contributed by atoms with E-state index in [1.165, 1.54) is 0 Å². The van der Waals surface area contributed by atoms with Crippen LogP contribution in [0.4, 0.5) is 0 Å². The molecule has 1 rings (SSSR count). The third kappa shape index (κ3) is 10.3. The average molecular weight is 500 g/mol. The Labute approximate surface area is 203 Å². The average Bonchev–Trinajstić information content (AvgIpc) is 3.29. The summed E-state index contributed by atoms with van der Waals surface area (Å²) in [6.07, 6.45) is 1.54. The first-order chi connectivity index (χ1) is 16.5. The summed E-state index contributed by atoms with van der Waals surface area (Å²) in [5, 5.41) is 14.5. The van der Waals surface area contributed by atoms with Crippen molar-refractivity contribution in [2.75, 3.05) is 13.1 Å². The van der Waals surface area contributed by atoms with E-state index in [0.717, 1.165) is 4.90 Å². The lowest BCUT2D eigenvalue weighted by atomic mass is 10.0. The molecule has 4 atom stereocenters. The van der Waals surface area contributed by atoms with E-state index in [0.29, 0.717) is 25.8 Å². The van der Waals surface area contributed by atoms with E-state index >= 15 is 0 Å². The number of primary amides is 2. The summed E-state index contributed by atoms with van der Waals surface area (Å²) in [6, 6.07) is -4.40. The zero-order valence-corrected chi connectivity index (χ0v) is 19.7. The van der Waals surface area contributed by atoms with Gasteiger partial charge in [0.2, 0.25) is 29.5 Å². The number of nitrogens with zero attached hydrogens (tertiary/aromatic N) is 1. The monoisotopic (exact) mass is 499 g/mol. The third-order valence-electron chi connectivity index (χ3n) is 5.73. The molecular weight excluding hydrogens is 462 g/mol. The van der Waals surface area contributed by atoms with Crippen LogP contribution < -0.4 is 33.6 Å². The molecule has 14 heteroatoms. The first-order valence-corrected chi connectivity index (χ1v) is 11.6. The Morgan fingerprint density at radius 2 is 1.49 bits per heavy atom. The number of nitrogens with two attached hydrogens (primary N) is 4. The van der Waals surface area contributed by atoms with Crippen molar-refractivity contribution in [2.24, 2.45) is 22.9 Å². The number of likely N-dealkylation sites (tertiary alicyclic amines) is 1. The highest BCUT2D eigenvalue weighted by atomic mass is 16.4. The molecule has 14 nitrogen and oxygen atoms in total. The van der Waals surface area contributed by atoms with Crippen molar-refractivity contribution in [3.63, 3.8) is 0 Å². The second kappa shape index (κ2) is 14.9. The molecular formula is C21H37N7O7. The van der Waals surface area contributed by atoms with Crippen molar-refractivity contribution in [3.8, 4) is 0 Å². The molecule has 0 saturated carbocycles. The number of carbonyl (C=O) groups is 6. The molecule has 1 fully saturated rings. The predicted octanol–water partition coefficient (Wildman–Crippen LogP) is -2.98. The van der Waals surface area contributed by atoms with E-state index in [1.54, 1.807) is 0 Å².